The first-order valence-corrected chi connectivity index (χ1v) is 6.27. The quantitative estimate of drug-likeness (QED) is 0.866. The van der Waals surface area contributed by atoms with Gasteiger partial charge in [0.1, 0.15) is 5.82 Å². The lowest BCUT2D eigenvalue weighted by Crippen LogP contribution is -2.03. The van der Waals surface area contributed by atoms with Crippen LogP contribution in [0.3, 0.4) is 0 Å². The van der Waals surface area contributed by atoms with Gasteiger partial charge in [0.25, 0.3) is 0 Å². The van der Waals surface area contributed by atoms with Gasteiger partial charge in [-0.25, -0.2) is 4.39 Å². The Kier molecular flexibility index (Phi) is 3.70. The van der Waals surface area contributed by atoms with Crippen molar-refractivity contribution in [3.8, 4) is 0 Å². The molecule has 0 aliphatic heterocycles. The van der Waals surface area contributed by atoms with E-state index < -0.39 is 0 Å². The third-order valence-corrected chi connectivity index (χ3v) is 3.30. The molecule has 2 rings (SSSR count). The lowest BCUT2D eigenvalue weighted by Gasteiger charge is -2.08. The van der Waals surface area contributed by atoms with Crippen molar-refractivity contribution in [2.24, 2.45) is 0 Å². The molecule has 0 fully saturated rings. The molecule has 3 heteroatoms. The molecule has 1 N–H and O–H groups in total. The van der Waals surface area contributed by atoms with Crippen molar-refractivity contribution in [1.29, 1.82) is 0 Å². The molecule has 0 spiro atoms. The molecule has 1 aromatic carbocycles. The second-order valence-electron chi connectivity index (χ2n) is 4.50. The minimum Gasteiger partial charge on any atom is -0.381 e. The highest BCUT2D eigenvalue weighted by atomic mass is 19.1. The van der Waals surface area contributed by atoms with Gasteiger partial charge in [-0.05, 0) is 50.6 Å². The Hall–Kier alpha value is -1.77. The van der Waals surface area contributed by atoms with Crippen molar-refractivity contribution in [3.05, 3.63) is 53.1 Å². The third kappa shape index (κ3) is 2.55. The molecule has 0 saturated heterocycles. The van der Waals surface area contributed by atoms with E-state index in [2.05, 4.69) is 36.7 Å². The number of nitrogens with zero attached hydrogens (tertiary/aromatic N) is 1. The summed E-state index contributed by atoms with van der Waals surface area (Å²) in [5.74, 6) is -0.209. The highest BCUT2D eigenvalue weighted by Crippen LogP contribution is 2.17. The highest BCUT2D eigenvalue weighted by Gasteiger charge is 2.07. The maximum atomic E-state index is 13.1. The molecular weight excluding hydrogens is 227 g/mol. The van der Waals surface area contributed by atoms with Gasteiger partial charge < -0.3 is 9.88 Å². The number of aromatic nitrogens is 1. The van der Waals surface area contributed by atoms with Crippen molar-refractivity contribution in [2.75, 3.05) is 5.32 Å². The fourth-order valence-corrected chi connectivity index (χ4v) is 2.33. The Morgan fingerprint density at radius 2 is 2.00 bits per heavy atom. The summed E-state index contributed by atoms with van der Waals surface area (Å²) >= 11 is 0. The fourth-order valence-electron chi connectivity index (χ4n) is 2.33. The van der Waals surface area contributed by atoms with Gasteiger partial charge in [-0.1, -0.05) is 6.07 Å². The number of rotatable bonds is 4. The summed E-state index contributed by atoms with van der Waals surface area (Å²) in [5.41, 5.74) is 4.62. The standard InChI is InChI=1S/C15H19FN2/c1-4-18-11(2)8-13(12(18)3)10-17-15-7-5-6-14(16)9-15/h5-9,17H,4,10H2,1-3H3. The van der Waals surface area contributed by atoms with Crippen molar-refractivity contribution in [2.45, 2.75) is 33.9 Å². The first kappa shape index (κ1) is 12.7. The SMILES string of the molecule is CCn1c(C)cc(CNc2cccc(F)c2)c1C. The van der Waals surface area contributed by atoms with E-state index in [0.29, 0.717) is 0 Å². The number of benzene rings is 1. The van der Waals surface area contributed by atoms with Crippen LogP contribution in [0.2, 0.25) is 0 Å². The van der Waals surface area contributed by atoms with E-state index in [1.165, 1.54) is 29.1 Å². The van der Waals surface area contributed by atoms with Crippen molar-refractivity contribution in [3.63, 3.8) is 0 Å². The fraction of sp³-hybridized carbons (Fsp3) is 0.333. The lowest BCUT2D eigenvalue weighted by atomic mass is 10.2. The monoisotopic (exact) mass is 246 g/mol. The van der Waals surface area contributed by atoms with Crippen LogP contribution in [0.25, 0.3) is 0 Å². The van der Waals surface area contributed by atoms with E-state index in [-0.39, 0.29) is 5.82 Å². The van der Waals surface area contributed by atoms with Crippen LogP contribution >= 0.6 is 0 Å². The van der Waals surface area contributed by atoms with Gasteiger partial charge in [-0.3, -0.25) is 0 Å². The minimum absolute atomic E-state index is 0.209. The normalized spacial score (nSPS) is 10.7. The van der Waals surface area contributed by atoms with E-state index >= 15 is 0 Å². The Morgan fingerprint density at radius 3 is 2.61 bits per heavy atom. The highest BCUT2D eigenvalue weighted by molar-refractivity contribution is 5.44. The minimum atomic E-state index is -0.209. The molecule has 0 saturated carbocycles. The molecule has 18 heavy (non-hydrogen) atoms. The van der Waals surface area contributed by atoms with Crippen LogP contribution in [0.4, 0.5) is 10.1 Å². The van der Waals surface area contributed by atoms with Crippen molar-refractivity contribution in [1.82, 2.24) is 4.57 Å². The molecule has 0 aliphatic rings. The second kappa shape index (κ2) is 5.25. The number of halogens is 1. The zero-order valence-electron chi connectivity index (χ0n) is 11.1. The molecule has 0 atom stereocenters. The average Bonchev–Trinajstić information content (AvgIpc) is 2.61. The van der Waals surface area contributed by atoms with Crippen LogP contribution in [0, 0.1) is 19.7 Å². The van der Waals surface area contributed by atoms with Crippen LogP contribution in [0.5, 0.6) is 0 Å². The molecule has 0 bridgehead atoms. The molecule has 2 aromatic rings. The molecular formula is C15H19FN2. The Labute approximate surface area is 107 Å². The number of aryl methyl sites for hydroxylation is 1. The van der Waals surface area contributed by atoms with Crippen LogP contribution < -0.4 is 5.32 Å². The summed E-state index contributed by atoms with van der Waals surface area (Å²) < 4.78 is 15.3. The molecule has 2 nitrogen and oxygen atoms in total. The summed E-state index contributed by atoms with van der Waals surface area (Å²) in [4.78, 5) is 0. The summed E-state index contributed by atoms with van der Waals surface area (Å²) in [6.45, 7) is 8.09. The first-order chi connectivity index (χ1) is 8.61. The summed E-state index contributed by atoms with van der Waals surface area (Å²) in [5, 5.41) is 3.25. The van der Waals surface area contributed by atoms with Crippen LogP contribution in [0.15, 0.2) is 30.3 Å². The Balaban J connectivity index is 2.11. The number of anilines is 1. The summed E-state index contributed by atoms with van der Waals surface area (Å²) in [6.07, 6.45) is 0. The molecule has 0 aliphatic carbocycles. The first-order valence-electron chi connectivity index (χ1n) is 6.27. The van der Waals surface area contributed by atoms with Crippen LogP contribution in [0.1, 0.15) is 23.9 Å². The second-order valence-corrected chi connectivity index (χ2v) is 4.50. The van der Waals surface area contributed by atoms with Gasteiger partial charge in [0.2, 0.25) is 0 Å². The van der Waals surface area contributed by atoms with Crippen molar-refractivity contribution < 1.29 is 4.39 Å². The topological polar surface area (TPSA) is 17.0 Å². The van der Waals surface area contributed by atoms with E-state index in [0.717, 1.165) is 18.8 Å². The van der Waals surface area contributed by atoms with Gasteiger partial charge >= 0.3 is 0 Å². The number of hydrogen-bond acceptors (Lipinski definition) is 1. The number of nitrogens with one attached hydrogen (secondary N) is 1. The van der Waals surface area contributed by atoms with Gasteiger partial charge in [0.15, 0.2) is 0 Å². The van der Waals surface area contributed by atoms with Gasteiger partial charge in [-0.15, -0.1) is 0 Å². The van der Waals surface area contributed by atoms with Crippen LogP contribution in [-0.2, 0) is 13.1 Å². The molecule has 0 unspecified atom stereocenters. The average molecular weight is 246 g/mol. The smallest absolute Gasteiger partial charge is 0.125 e. The predicted molar refractivity (Wildman–Crippen MR) is 73.3 cm³/mol. The Morgan fingerprint density at radius 1 is 1.22 bits per heavy atom. The predicted octanol–water partition coefficient (Wildman–Crippen LogP) is 3.88. The summed E-state index contributed by atoms with van der Waals surface area (Å²) in [6, 6.07) is 8.74. The zero-order valence-corrected chi connectivity index (χ0v) is 11.1. The maximum Gasteiger partial charge on any atom is 0.125 e. The lowest BCUT2D eigenvalue weighted by molar-refractivity contribution is 0.628. The van der Waals surface area contributed by atoms with Crippen LogP contribution in [-0.4, -0.2) is 4.57 Å². The summed E-state index contributed by atoms with van der Waals surface area (Å²) in [7, 11) is 0. The van der Waals surface area contributed by atoms with E-state index in [1.807, 2.05) is 6.07 Å². The molecule has 96 valence electrons. The molecule has 0 amide bonds. The number of hydrogen-bond donors (Lipinski definition) is 1. The third-order valence-electron chi connectivity index (χ3n) is 3.30. The molecule has 1 heterocycles. The molecule has 1 aromatic heterocycles. The van der Waals surface area contributed by atoms with E-state index in [4.69, 9.17) is 0 Å². The van der Waals surface area contributed by atoms with E-state index in [9.17, 15) is 4.39 Å². The maximum absolute atomic E-state index is 13.1. The largest absolute Gasteiger partial charge is 0.381 e. The molecule has 0 radical (unpaired) electrons. The van der Waals surface area contributed by atoms with Gasteiger partial charge in [0.05, 0.1) is 0 Å². The van der Waals surface area contributed by atoms with E-state index in [1.54, 1.807) is 6.07 Å². The van der Waals surface area contributed by atoms with Gasteiger partial charge in [0, 0.05) is 30.2 Å². The Bertz CT molecular complexity index is 543. The van der Waals surface area contributed by atoms with Crippen molar-refractivity contribution >= 4 is 5.69 Å². The van der Waals surface area contributed by atoms with Gasteiger partial charge in [-0.2, -0.15) is 0 Å². The zero-order chi connectivity index (χ0) is 13.1.